The van der Waals surface area contributed by atoms with Crippen LogP contribution in [0.1, 0.15) is 4.88 Å². The van der Waals surface area contributed by atoms with Gasteiger partial charge in [0.2, 0.25) is 5.88 Å². The number of hydrogen-bond donors (Lipinski definition) is 1. The summed E-state index contributed by atoms with van der Waals surface area (Å²) in [6.45, 7) is 0. The van der Waals surface area contributed by atoms with Crippen LogP contribution in [0.5, 0.6) is 11.6 Å². The molecule has 3 aromatic rings. The van der Waals surface area contributed by atoms with Gasteiger partial charge in [-0.05, 0) is 48.6 Å². The van der Waals surface area contributed by atoms with Crippen LogP contribution in [-0.2, 0) is 0 Å². The lowest BCUT2D eigenvalue weighted by Crippen LogP contribution is -1.93. The second-order valence-corrected chi connectivity index (χ2v) is 6.36. The molecule has 0 saturated carbocycles. The van der Waals surface area contributed by atoms with Gasteiger partial charge in [0.15, 0.2) is 3.95 Å². The molecule has 4 nitrogen and oxygen atoms in total. The van der Waals surface area contributed by atoms with Gasteiger partial charge in [-0.15, -0.1) is 0 Å². The molecule has 0 aliphatic heterocycles. The lowest BCUT2D eigenvalue weighted by molar-refractivity contribution is 0.414. The van der Waals surface area contributed by atoms with Crippen molar-refractivity contribution >= 4 is 35.5 Å². The van der Waals surface area contributed by atoms with Crippen LogP contribution in [0.4, 0.5) is 5.69 Å². The van der Waals surface area contributed by atoms with Crippen molar-refractivity contribution in [2.24, 2.45) is 4.99 Å². The molecule has 0 aliphatic carbocycles. The monoisotopic (exact) mass is 342 g/mol. The molecule has 0 amide bonds. The Bertz CT molecular complexity index is 881. The molecule has 23 heavy (non-hydrogen) atoms. The van der Waals surface area contributed by atoms with Gasteiger partial charge in [0.05, 0.1) is 24.7 Å². The summed E-state index contributed by atoms with van der Waals surface area (Å²) in [5.74, 6) is 0.839. The normalized spacial score (nSPS) is 11.0. The van der Waals surface area contributed by atoms with Gasteiger partial charge in [0.25, 0.3) is 0 Å². The SMILES string of the molecule is COc1ccc(-n2c(O)c(C=Nc3ccccc3)sc2=S)cc1. The fraction of sp³-hybridized carbons (Fsp3) is 0.0588. The van der Waals surface area contributed by atoms with Crippen molar-refractivity contribution in [2.75, 3.05) is 7.11 Å². The van der Waals surface area contributed by atoms with Gasteiger partial charge in [-0.3, -0.25) is 9.56 Å². The maximum Gasteiger partial charge on any atom is 0.216 e. The van der Waals surface area contributed by atoms with Crippen molar-refractivity contribution in [3.63, 3.8) is 0 Å². The van der Waals surface area contributed by atoms with Gasteiger partial charge in [0, 0.05) is 0 Å². The number of ether oxygens (including phenoxy) is 1. The van der Waals surface area contributed by atoms with E-state index in [1.54, 1.807) is 17.9 Å². The van der Waals surface area contributed by atoms with E-state index in [2.05, 4.69) is 4.99 Å². The molecule has 0 unspecified atom stereocenters. The van der Waals surface area contributed by atoms with E-state index in [0.717, 1.165) is 17.1 Å². The Balaban J connectivity index is 1.96. The zero-order chi connectivity index (χ0) is 16.2. The summed E-state index contributed by atoms with van der Waals surface area (Å²) < 4.78 is 7.32. The number of hydrogen-bond acceptors (Lipinski definition) is 5. The number of benzene rings is 2. The number of aliphatic imine (C=N–C) groups is 1. The van der Waals surface area contributed by atoms with Crippen LogP contribution in [0.2, 0.25) is 0 Å². The number of para-hydroxylation sites is 1. The average molecular weight is 342 g/mol. The van der Waals surface area contributed by atoms with E-state index in [-0.39, 0.29) is 5.88 Å². The maximum atomic E-state index is 10.5. The number of thiazole rings is 1. The first-order valence-electron chi connectivity index (χ1n) is 6.87. The summed E-state index contributed by atoms with van der Waals surface area (Å²) >= 11 is 6.68. The van der Waals surface area contributed by atoms with Crippen LogP contribution in [0.3, 0.4) is 0 Å². The van der Waals surface area contributed by atoms with Gasteiger partial charge in [-0.1, -0.05) is 29.5 Å². The highest BCUT2D eigenvalue weighted by molar-refractivity contribution is 7.73. The van der Waals surface area contributed by atoms with E-state index in [1.807, 2.05) is 54.6 Å². The molecule has 1 N–H and O–H groups in total. The molecule has 0 aliphatic rings. The van der Waals surface area contributed by atoms with E-state index in [0.29, 0.717) is 8.83 Å². The molecule has 1 aromatic heterocycles. The molecular formula is C17H14N2O2S2. The third-order valence-electron chi connectivity index (χ3n) is 3.23. The minimum atomic E-state index is 0.0878. The summed E-state index contributed by atoms with van der Waals surface area (Å²) in [4.78, 5) is 4.98. The molecule has 0 atom stereocenters. The van der Waals surface area contributed by atoms with E-state index in [4.69, 9.17) is 17.0 Å². The number of aromatic hydroxyl groups is 1. The van der Waals surface area contributed by atoms with E-state index >= 15 is 0 Å². The zero-order valence-electron chi connectivity index (χ0n) is 12.3. The van der Waals surface area contributed by atoms with Gasteiger partial charge >= 0.3 is 0 Å². The summed E-state index contributed by atoms with van der Waals surface area (Å²) in [5.41, 5.74) is 1.60. The average Bonchev–Trinajstić information content (AvgIpc) is 2.88. The maximum absolute atomic E-state index is 10.5. The molecule has 1 heterocycles. The third kappa shape index (κ3) is 3.33. The second-order valence-electron chi connectivity index (χ2n) is 4.68. The molecule has 0 bridgehead atoms. The fourth-order valence-electron chi connectivity index (χ4n) is 2.07. The van der Waals surface area contributed by atoms with Crippen molar-refractivity contribution in [3.8, 4) is 17.3 Å². The van der Waals surface area contributed by atoms with Crippen molar-refractivity contribution in [3.05, 3.63) is 63.4 Å². The lowest BCUT2D eigenvalue weighted by atomic mass is 10.3. The van der Waals surface area contributed by atoms with Crippen LogP contribution < -0.4 is 4.74 Å². The van der Waals surface area contributed by atoms with Crippen molar-refractivity contribution in [1.29, 1.82) is 0 Å². The van der Waals surface area contributed by atoms with Crippen molar-refractivity contribution < 1.29 is 9.84 Å². The molecule has 0 spiro atoms. The largest absolute Gasteiger partial charge is 0.497 e. The van der Waals surface area contributed by atoms with E-state index in [9.17, 15) is 5.11 Å². The quantitative estimate of drug-likeness (QED) is 0.550. The number of methoxy groups -OCH3 is 1. The Hall–Kier alpha value is -2.44. The highest BCUT2D eigenvalue weighted by Gasteiger charge is 2.12. The van der Waals surface area contributed by atoms with E-state index in [1.165, 1.54) is 11.3 Å². The molecule has 0 saturated heterocycles. The number of nitrogens with zero attached hydrogens (tertiary/aromatic N) is 2. The first kappa shape index (κ1) is 15.5. The van der Waals surface area contributed by atoms with Crippen molar-refractivity contribution in [2.45, 2.75) is 0 Å². The Morgan fingerprint density at radius 1 is 1.13 bits per heavy atom. The minimum absolute atomic E-state index is 0.0878. The first-order valence-corrected chi connectivity index (χ1v) is 8.10. The van der Waals surface area contributed by atoms with Crippen molar-refractivity contribution in [1.82, 2.24) is 4.57 Å². The molecular weight excluding hydrogens is 328 g/mol. The van der Waals surface area contributed by atoms with Gasteiger partial charge in [-0.2, -0.15) is 0 Å². The Morgan fingerprint density at radius 2 is 1.83 bits per heavy atom. The fourth-order valence-corrected chi connectivity index (χ4v) is 3.29. The third-order valence-corrected chi connectivity index (χ3v) is 4.53. The summed E-state index contributed by atoms with van der Waals surface area (Å²) in [5, 5.41) is 10.5. The van der Waals surface area contributed by atoms with Gasteiger partial charge in [0.1, 0.15) is 10.6 Å². The molecule has 2 aromatic carbocycles. The van der Waals surface area contributed by atoms with Crippen LogP contribution in [-0.4, -0.2) is 23.0 Å². The minimum Gasteiger partial charge on any atom is -0.497 e. The standard InChI is InChI=1S/C17H14N2O2S2/c1-21-14-9-7-13(8-10-14)19-16(20)15(23-17(19)22)11-18-12-5-3-2-4-6-12/h2-11,20H,1H3. The van der Waals surface area contributed by atoms with Crippen LogP contribution in [0.25, 0.3) is 5.69 Å². The zero-order valence-corrected chi connectivity index (χ0v) is 14.0. The highest BCUT2D eigenvalue weighted by Crippen LogP contribution is 2.29. The number of aromatic nitrogens is 1. The molecule has 0 fully saturated rings. The Kier molecular flexibility index (Phi) is 4.55. The van der Waals surface area contributed by atoms with Crippen LogP contribution in [0.15, 0.2) is 59.6 Å². The summed E-state index contributed by atoms with van der Waals surface area (Å²) in [6.07, 6.45) is 1.63. The predicted molar refractivity (Wildman–Crippen MR) is 96.4 cm³/mol. The molecule has 116 valence electrons. The summed E-state index contributed by atoms with van der Waals surface area (Å²) in [6, 6.07) is 16.9. The van der Waals surface area contributed by atoms with Gasteiger partial charge in [-0.25, -0.2) is 0 Å². The smallest absolute Gasteiger partial charge is 0.216 e. The molecule has 0 radical (unpaired) electrons. The first-order chi connectivity index (χ1) is 11.2. The highest BCUT2D eigenvalue weighted by atomic mass is 32.1. The second kappa shape index (κ2) is 6.76. The summed E-state index contributed by atoms with van der Waals surface area (Å²) in [7, 11) is 1.61. The predicted octanol–water partition coefficient (Wildman–Crippen LogP) is 4.73. The molecule has 3 rings (SSSR count). The lowest BCUT2D eigenvalue weighted by Gasteiger charge is -2.05. The number of rotatable bonds is 4. The van der Waals surface area contributed by atoms with E-state index < -0.39 is 0 Å². The van der Waals surface area contributed by atoms with Crippen LogP contribution >= 0.6 is 23.6 Å². The Labute approximate surface area is 143 Å². The topological polar surface area (TPSA) is 46.8 Å². The Morgan fingerprint density at radius 3 is 2.48 bits per heavy atom. The molecule has 6 heteroatoms. The van der Waals surface area contributed by atoms with Crippen LogP contribution in [0, 0.1) is 3.95 Å². The van der Waals surface area contributed by atoms with Gasteiger partial charge < -0.3 is 9.84 Å².